The second kappa shape index (κ2) is 7.08. The quantitative estimate of drug-likeness (QED) is 0.627. The average Bonchev–Trinajstić information content (AvgIpc) is 3.16. The summed E-state index contributed by atoms with van der Waals surface area (Å²) in [6, 6.07) is 3.55. The topological polar surface area (TPSA) is 81.6 Å². The highest BCUT2D eigenvalue weighted by atomic mass is 32.1. The maximum atomic E-state index is 12.9. The molecule has 10 heteroatoms. The lowest BCUT2D eigenvalue weighted by atomic mass is 10.1. The van der Waals surface area contributed by atoms with Crippen LogP contribution in [0.2, 0.25) is 0 Å². The van der Waals surface area contributed by atoms with Crippen molar-refractivity contribution in [2.45, 2.75) is 6.18 Å². The first-order valence-electron chi connectivity index (χ1n) is 7.22. The molecule has 0 unspecified atom stereocenters. The van der Waals surface area contributed by atoms with E-state index in [4.69, 9.17) is 4.74 Å². The van der Waals surface area contributed by atoms with Gasteiger partial charge >= 0.3 is 6.18 Å². The van der Waals surface area contributed by atoms with Crippen LogP contribution in [0.4, 0.5) is 13.2 Å². The molecule has 1 aliphatic heterocycles. The van der Waals surface area contributed by atoms with Gasteiger partial charge in [-0.05, 0) is 24.3 Å². The first-order chi connectivity index (χ1) is 12.4. The number of ether oxygens (including phenoxy) is 1. The maximum absolute atomic E-state index is 12.9. The number of benzene rings is 1. The fraction of sp³-hybridized carbons (Fsp3) is 0.125. The molecule has 3 rings (SSSR count). The molecular weight excluding hydrogens is 369 g/mol. The van der Waals surface area contributed by atoms with Gasteiger partial charge in [-0.2, -0.15) is 13.2 Å². The van der Waals surface area contributed by atoms with Crippen LogP contribution < -0.4 is 20.7 Å². The minimum absolute atomic E-state index is 0.236. The van der Waals surface area contributed by atoms with Crippen molar-refractivity contribution in [2.75, 3.05) is 7.11 Å². The number of alkyl halides is 3. The summed E-state index contributed by atoms with van der Waals surface area (Å²) in [5.74, 6) is -0.527. The number of allylic oxidation sites excluding steroid dienone is 2. The van der Waals surface area contributed by atoms with Gasteiger partial charge in [-0.1, -0.05) is 6.07 Å². The van der Waals surface area contributed by atoms with Crippen molar-refractivity contribution in [2.24, 2.45) is 4.99 Å². The molecule has 1 aromatic carbocycles. The van der Waals surface area contributed by atoms with E-state index in [1.165, 1.54) is 42.2 Å². The van der Waals surface area contributed by atoms with E-state index < -0.39 is 17.6 Å². The molecule has 0 atom stereocenters. The summed E-state index contributed by atoms with van der Waals surface area (Å²) < 4.78 is 43.6. The molecule has 0 bridgehead atoms. The van der Waals surface area contributed by atoms with Crippen molar-refractivity contribution >= 4 is 22.9 Å². The number of aliphatic imine (C=N–C) groups is 1. The first kappa shape index (κ1) is 17.8. The molecule has 136 valence electrons. The number of halogens is 3. The molecule has 0 saturated heterocycles. The van der Waals surface area contributed by atoms with E-state index in [0.29, 0.717) is 11.3 Å². The molecule has 0 amide bonds. The Bertz CT molecular complexity index is 889. The molecule has 26 heavy (non-hydrogen) atoms. The van der Waals surface area contributed by atoms with Crippen LogP contribution in [0.1, 0.15) is 16.8 Å². The third kappa shape index (κ3) is 3.80. The Labute approximate surface area is 150 Å². The molecule has 0 fully saturated rings. The van der Waals surface area contributed by atoms with E-state index in [1.807, 2.05) is 0 Å². The van der Waals surface area contributed by atoms with E-state index in [0.717, 1.165) is 6.07 Å². The average molecular weight is 381 g/mol. The number of rotatable bonds is 4. The summed E-state index contributed by atoms with van der Waals surface area (Å²) in [5.41, 5.74) is 7.38. The Balaban J connectivity index is 1.84. The van der Waals surface area contributed by atoms with Gasteiger partial charge in [0.15, 0.2) is 0 Å². The van der Waals surface area contributed by atoms with E-state index in [1.54, 1.807) is 11.5 Å². The Kier molecular flexibility index (Phi) is 4.85. The van der Waals surface area contributed by atoms with E-state index in [2.05, 4.69) is 20.8 Å². The van der Waals surface area contributed by atoms with Gasteiger partial charge in [-0.25, -0.2) is 9.98 Å². The molecule has 2 heterocycles. The van der Waals surface area contributed by atoms with Crippen molar-refractivity contribution in [1.29, 1.82) is 0 Å². The van der Waals surface area contributed by atoms with Crippen molar-refractivity contribution in [3.63, 3.8) is 0 Å². The molecule has 0 saturated carbocycles. The van der Waals surface area contributed by atoms with Gasteiger partial charge in [0, 0.05) is 16.8 Å². The number of aromatic nitrogens is 1. The van der Waals surface area contributed by atoms with E-state index >= 15 is 0 Å². The third-order valence-corrected chi connectivity index (χ3v) is 4.01. The zero-order chi connectivity index (χ0) is 18.7. The fourth-order valence-corrected chi connectivity index (χ4v) is 2.71. The van der Waals surface area contributed by atoms with Gasteiger partial charge in [-0.15, -0.1) is 11.3 Å². The van der Waals surface area contributed by atoms with Crippen molar-refractivity contribution in [1.82, 2.24) is 15.8 Å². The molecule has 1 aromatic heterocycles. The summed E-state index contributed by atoms with van der Waals surface area (Å²) in [7, 11) is 1.18. The molecule has 0 radical (unpaired) electrons. The summed E-state index contributed by atoms with van der Waals surface area (Å²) in [6.07, 6.45) is -1.38. The van der Waals surface area contributed by atoms with Crippen LogP contribution in [-0.4, -0.2) is 18.0 Å². The summed E-state index contributed by atoms with van der Waals surface area (Å²) in [4.78, 5) is 7.73. The minimum Gasteiger partial charge on any atom is -0.857 e. The van der Waals surface area contributed by atoms with Crippen LogP contribution in [-0.2, 0) is 6.18 Å². The fourth-order valence-electron chi connectivity index (χ4n) is 2.19. The van der Waals surface area contributed by atoms with Crippen LogP contribution in [0.25, 0.3) is 5.70 Å². The molecule has 0 spiro atoms. The van der Waals surface area contributed by atoms with Crippen LogP contribution in [0.5, 0.6) is 5.75 Å². The first-order valence-corrected chi connectivity index (χ1v) is 8.16. The summed E-state index contributed by atoms with van der Waals surface area (Å²) >= 11 is 1.28. The highest BCUT2D eigenvalue weighted by Gasteiger charge is 2.34. The SMILES string of the molecule is COc1cc(C2=CC=C(/N=C(\[O-])c3cscn3)NN2)ccc1C(F)(F)F. The monoisotopic (exact) mass is 381 g/mol. The number of hydrazine groups is 1. The number of methoxy groups -OCH3 is 1. The molecular formula is C16H12F3N4O2S-. The second-order valence-corrected chi connectivity index (χ2v) is 5.80. The van der Waals surface area contributed by atoms with Gasteiger partial charge in [0.25, 0.3) is 0 Å². The highest BCUT2D eigenvalue weighted by molar-refractivity contribution is 7.07. The van der Waals surface area contributed by atoms with Gasteiger partial charge in [0.1, 0.15) is 11.6 Å². The van der Waals surface area contributed by atoms with E-state index in [9.17, 15) is 18.3 Å². The van der Waals surface area contributed by atoms with Gasteiger partial charge in [0.05, 0.1) is 29.6 Å². The summed E-state index contributed by atoms with van der Waals surface area (Å²) in [6.45, 7) is 0. The van der Waals surface area contributed by atoms with Crippen LogP contribution in [0.3, 0.4) is 0 Å². The van der Waals surface area contributed by atoms with Crippen LogP contribution >= 0.6 is 11.3 Å². The number of nitrogens with one attached hydrogen (secondary N) is 2. The zero-order valence-electron chi connectivity index (χ0n) is 13.3. The molecule has 1 aliphatic rings. The lowest BCUT2D eigenvalue weighted by molar-refractivity contribution is -0.213. The zero-order valence-corrected chi connectivity index (χ0v) is 14.1. The lowest BCUT2D eigenvalue weighted by Gasteiger charge is -2.20. The van der Waals surface area contributed by atoms with Gasteiger partial charge in [0.2, 0.25) is 0 Å². The number of nitrogens with zero attached hydrogens (tertiary/aromatic N) is 2. The molecule has 2 aromatic rings. The Morgan fingerprint density at radius 3 is 2.65 bits per heavy atom. The van der Waals surface area contributed by atoms with Gasteiger partial charge < -0.3 is 9.84 Å². The predicted octanol–water partition coefficient (Wildman–Crippen LogP) is 2.27. The number of hydrogen-bond donors (Lipinski definition) is 2. The summed E-state index contributed by atoms with van der Waals surface area (Å²) in [5, 5.41) is 13.4. The molecule has 0 aliphatic carbocycles. The van der Waals surface area contributed by atoms with Gasteiger partial charge in [-0.3, -0.25) is 10.9 Å². The second-order valence-electron chi connectivity index (χ2n) is 5.09. The maximum Gasteiger partial charge on any atom is 0.419 e. The number of thiazole rings is 1. The normalized spacial score (nSPS) is 14.8. The van der Waals surface area contributed by atoms with Crippen molar-refractivity contribution in [3.8, 4) is 5.75 Å². The Morgan fingerprint density at radius 2 is 2.08 bits per heavy atom. The third-order valence-electron chi connectivity index (χ3n) is 3.42. The van der Waals surface area contributed by atoms with Crippen molar-refractivity contribution in [3.05, 3.63) is 63.9 Å². The lowest BCUT2D eigenvalue weighted by Crippen LogP contribution is -2.32. The molecule has 2 N–H and O–H groups in total. The smallest absolute Gasteiger partial charge is 0.419 e. The van der Waals surface area contributed by atoms with Crippen molar-refractivity contribution < 1.29 is 23.0 Å². The number of hydrogen-bond acceptors (Lipinski definition) is 7. The molecule has 6 nitrogen and oxygen atoms in total. The van der Waals surface area contributed by atoms with Crippen LogP contribution in [0.15, 0.2) is 52.1 Å². The Morgan fingerprint density at radius 1 is 1.27 bits per heavy atom. The van der Waals surface area contributed by atoms with E-state index in [-0.39, 0.29) is 17.3 Å². The predicted molar refractivity (Wildman–Crippen MR) is 89.0 cm³/mol. The Hall–Kier alpha value is -3.01. The minimum atomic E-state index is -4.50. The standard InChI is InChI=1S/C16H13F3N4O2S/c1-25-13-6-9(2-3-10(13)16(17,18)19)11-4-5-14(23-22-11)21-15(24)12-7-26-8-20-12/h2-8,22-23H,1H3,(H,21,24)/p-1. The van der Waals surface area contributed by atoms with Crippen LogP contribution in [0, 0.1) is 0 Å². The largest absolute Gasteiger partial charge is 0.857 e. The highest BCUT2D eigenvalue weighted by Crippen LogP contribution is 2.37.